The lowest BCUT2D eigenvalue weighted by Gasteiger charge is -2.45. The van der Waals surface area contributed by atoms with Crippen molar-refractivity contribution in [2.24, 2.45) is 5.41 Å². The van der Waals surface area contributed by atoms with Crippen LogP contribution in [0.3, 0.4) is 0 Å². The first-order valence-electron chi connectivity index (χ1n) is 9.97. The Morgan fingerprint density at radius 1 is 1.30 bits per heavy atom. The summed E-state index contributed by atoms with van der Waals surface area (Å²) in [6, 6.07) is 3.63. The first-order chi connectivity index (χ1) is 13.0. The molecule has 0 spiro atoms. The number of hydrogen-bond acceptors (Lipinski definition) is 6. The van der Waals surface area contributed by atoms with Crippen molar-refractivity contribution in [1.29, 1.82) is 0 Å². The Bertz CT molecular complexity index is 648. The second-order valence-electron chi connectivity index (χ2n) is 7.99. The molecule has 150 valence electrons. The summed E-state index contributed by atoms with van der Waals surface area (Å²) in [5.41, 5.74) is 0.132. The van der Waals surface area contributed by atoms with Crippen LogP contribution in [-0.2, 0) is 0 Å². The van der Waals surface area contributed by atoms with Crippen molar-refractivity contribution in [2.45, 2.75) is 32.3 Å². The van der Waals surface area contributed by atoms with Crippen molar-refractivity contribution < 1.29 is 15.0 Å². The zero-order valence-electron chi connectivity index (χ0n) is 16.5. The van der Waals surface area contributed by atoms with E-state index in [4.69, 9.17) is 0 Å². The van der Waals surface area contributed by atoms with Crippen LogP contribution in [0.2, 0.25) is 0 Å². The van der Waals surface area contributed by atoms with Crippen LogP contribution in [0.15, 0.2) is 18.3 Å². The molecule has 0 radical (unpaired) electrons. The predicted molar refractivity (Wildman–Crippen MR) is 105 cm³/mol. The molecular formula is C20H32N4O3. The van der Waals surface area contributed by atoms with E-state index < -0.39 is 11.5 Å². The van der Waals surface area contributed by atoms with Gasteiger partial charge in [0.05, 0.1) is 12.7 Å². The number of amides is 1. The van der Waals surface area contributed by atoms with E-state index in [1.54, 1.807) is 12.3 Å². The van der Waals surface area contributed by atoms with E-state index >= 15 is 0 Å². The Morgan fingerprint density at radius 2 is 2.04 bits per heavy atom. The highest BCUT2D eigenvalue weighted by molar-refractivity contribution is 5.95. The van der Waals surface area contributed by atoms with Crippen molar-refractivity contribution in [3.05, 3.63) is 23.9 Å². The molecule has 2 aliphatic heterocycles. The largest absolute Gasteiger partial charge is 0.396 e. The smallest absolute Gasteiger partial charge is 0.254 e. The Labute approximate surface area is 161 Å². The van der Waals surface area contributed by atoms with Gasteiger partial charge in [0.1, 0.15) is 5.82 Å². The maximum Gasteiger partial charge on any atom is 0.254 e. The highest BCUT2D eigenvalue weighted by Gasteiger charge is 2.42. The number of aromatic nitrogens is 1. The van der Waals surface area contributed by atoms with Crippen molar-refractivity contribution in [3.8, 4) is 0 Å². The average Bonchev–Trinajstić information content (AvgIpc) is 2.70. The molecule has 2 atom stereocenters. The van der Waals surface area contributed by atoms with Crippen LogP contribution in [0.4, 0.5) is 5.82 Å². The molecule has 3 heterocycles. The number of hydrogen-bond donors (Lipinski definition) is 2. The minimum atomic E-state index is -0.522. The van der Waals surface area contributed by atoms with Gasteiger partial charge in [-0.05, 0) is 32.0 Å². The van der Waals surface area contributed by atoms with Crippen LogP contribution in [-0.4, -0.2) is 89.9 Å². The Balaban J connectivity index is 1.76. The number of piperidine rings is 1. The van der Waals surface area contributed by atoms with E-state index in [2.05, 4.69) is 28.8 Å². The fourth-order valence-corrected chi connectivity index (χ4v) is 4.24. The molecule has 1 amide bonds. The van der Waals surface area contributed by atoms with Gasteiger partial charge in [0.2, 0.25) is 0 Å². The van der Waals surface area contributed by atoms with Gasteiger partial charge in [-0.25, -0.2) is 4.98 Å². The van der Waals surface area contributed by atoms with Gasteiger partial charge < -0.3 is 24.9 Å². The number of nitrogens with zero attached hydrogens (tertiary/aromatic N) is 4. The molecule has 2 aliphatic rings. The standard InChI is InChI=1S/C20H32N4O3/c1-3-6-20(15-25)14-24(8-5-17(20)26)18-13-16(4-7-21-18)19(27)23-11-9-22(2)10-12-23/h4,7,13,17,25-26H,3,5-6,8-12,14-15H2,1-2H3/t17-,20-/m0/s1. The summed E-state index contributed by atoms with van der Waals surface area (Å²) in [4.78, 5) is 23.6. The molecular weight excluding hydrogens is 344 g/mol. The lowest BCUT2D eigenvalue weighted by atomic mass is 9.74. The third kappa shape index (κ3) is 4.25. The number of aliphatic hydroxyl groups excluding tert-OH is 2. The van der Waals surface area contributed by atoms with Gasteiger partial charge in [-0.15, -0.1) is 0 Å². The number of rotatable bonds is 5. The summed E-state index contributed by atoms with van der Waals surface area (Å²) < 4.78 is 0. The molecule has 3 rings (SSSR count). The second-order valence-corrected chi connectivity index (χ2v) is 7.99. The average molecular weight is 377 g/mol. The zero-order valence-corrected chi connectivity index (χ0v) is 16.5. The molecule has 0 saturated carbocycles. The van der Waals surface area contributed by atoms with Crippen LogP contribution in [0.25, 0.3) is 0 Å². The third-order valence-corrected chi connectivity index (χ3v) is 6.05. The lowest BCUT2D eigenvalue weighted by Crippen LogP contribution is -2.54. The Hall–Kier alpha value is -1.70. The van der Waals surface area contributed by atoms with Crippen molar-refractivity contribution in [2.75, 3.05) is 57.8 Å². The van der Waals surface area contributed by atoms with E-state index in [1.165, 1.54) is 0 Å². The molecule has 0 aliphatic carbocycles. The lowest BCUT2D eigenvalue weighted by molar-refractivity contribution is -0.0353. The summed E-state index contributed by atoms with van der Waals surface area (Å²) >= 11 is 0. The topological polar surface area (TPSA) is 80.1 Å². The molecule has 7 heteroatoms. The molecule has 0 aromatic carbocycles. The fourth-order valence-electron chi connectivity index (χ4n) is 4.24. The van der Waals surface area contributed by atoms with Gasteiger partial charge in [-0.3, -0.25) is 4.79 Å². The summed E-state index contributed by atoms with van der Waals surface area (Å²) in [5, 5.41) is 20.4. The zero-order chi connectivity index (χ0) is 19.4. The van der Waals surface area contributed by atoms with E-state index in [-0.39, 0.29) is 12.5 Å². The molecule has 0 bridgehead atoms. The van der Waals surface area contributed by atoms with Crippen LogP contribution < -0.4 is 4.90 Å². The first-order valence-corrected chi connectivity index (χ1v) is 9.97. The number of carbonyl (C=O) groups is 1. The van der Waals surface area contributed by atoms with Gasteiger partial charge >= 0.3 is 0 Å². The summed E-state index contributed by atoms with van der Waals surface area (Å²) in [7, 11) is 2.07. The second kappa shape index (κ2) is 8.54. The highest BCUT2D eigenvalue weighted by atomic mass is 16.3. The SMILES string of the molecule is CCC[C@@]1(CO)CN(c2cc(C(=O)N3CCN(C)CC3)ccn2)CC[C@@H]1O. The normalized spacial score (nSPS) is 27.0. The molecule has 1 aromatic rings. The monoisotopic (exact) mass is 376 g/mol. The van der Waals surface area contributed by atoms with Gasteiger partial charge in [0.25, 0.3) is 5.91 Å². The molecule has 7 nitrogen and oxygen atoms in total. The molecule has 1 aromatic heterocycles. The van der Waals surface area contributed by atoms with E-state index in [0.717, 1.165) is 44.8 Å². The van der Waals surface area contributed by atoms with Crippen molar-refractivity contribution in [3.63, 3.8) is 0 Å². The molecule has 2 fully saturated rings. The number of likely N-dealkylation sites (N-methyl/N-ethyl adjacent to an activating group) is 1. The molecule has 2 saturated heterocycles. The summed E-state index contributed by atoms with van der Waals surface area (Å²) in [5.74, 6) is 0.793. The number of carbonyl (C=O) groups excluding carboxylic acids is 1. The number of pyridine rings is 1. The maximum atomic E-state index is 12.9. The molecule has 27 heavy (non-hydrogen) atoms. The fraction of sp³-hybridized carbons (Fsp3) is 0.700. The van der Waals surface area contributed by atoms with Crippen molar-refractivity contribution in [1.82, 2.24) is 14.8 Å². The molecule has 0 unspecified atom stereocenters. The Kier molecular flexibility index (Phi) is 6.34. The Morgan fingerprint density at radius 3 is 2.70 bits per heavy atom. The van der Waals surface area contributed by atoms with Crippen LogP contribution in [0.5, 0.6) is 0 Å². The van der Waals surface area contributed by atoms with Gasteiger partial charge in [-0.2, -0.15) is 0 Å². The minimum absolute atomic E-state index is 0.0432. The summed E-state index contributed by atoms with van der Waals surface area (Å²) in [6.45, 7) is 6.52. The van der Waals surface area contributed by atoms with E-state index in [1.807, 2.05) is 11.0 Å². The van der Waals surface area contributed by atoms with Crippen LogP contribution in [0.1, 0.15) is 36.5 Å². The first kappa shape index (κ1) is 20.0. The quantitative estimate of drug-likeness (QED) is 0.792. The van der Waals surface area contributed by atoms with Crippen LogP contribution in [0, 0.1) is 5.41 Å². The number of anilines is 1. The highest BCUT2D eigenvalue weighted by Crippen LogP contribution is 2.36. The van der Waals surface area contributed by atoms with E-state index in [0.29, 0.717) is 25.1 Å². The molecule has 2 N–H and O–H groups in total. The van der Waals surface area contributed by atoms with Gasteiger partial charge in [0.15, 0.2) is 0 Å². The van der Waals surface area contributed by atoms with Gasteiger partial charge in [0, 0.05) is 56.4 Å². The number of piperazine rings is 1. The number of aliphatic hydroxyl groups is 2. The summed E-state index contributed by atoms with van der Waals surface area (Å²) in [6.07, 6.45) is 3.44. The third-order valence-electron chi connectivity index (χ3n) is 6.05. The van der Waals surface area contributed by atoms with Crippen LogP contribution >= 0.6 is 0 Å². The van der Waals surface area contributed by atoms with Gasteiger partial charge in [-0.1, -0.05) is 13.3 Å². The maximum absolute atomic E-state index is 12.9. The van der Waals surface area contributed by atoms with Crippen molar-refractivity contribution >= 4 is 11.7 Å². The minimum Gasteiger partial charge on any atom is -0.396 e. The van der Waals surface area contributed by atoms with E-state index in [9.17, 15) is 15.0 Å². The predicted octanol–water partition coefficient (Wildman–Crippen LogP) is 0.819.